The molecule has 1 aromatic carbocycles. The molecule has 0 spiro atoms. The van der Waals surface area contributed by atoms with Gasteiger partial charge in [-0.2, -0.15) is 0 Å². The number of rotatable bonds is 2. The van der Waals surface area contributed by atoms with Crippen LogP contribution in [0.4, 0.5) is 0 Å². The summed E-state index contributed by atoms with van der Waals surface area (Å²) < 4.78 is 0. The second-order valence-electron chi connectivity index (χ2n) is 5.77. The van der Waals surface area contributed by atoms with Crippen molar-refractivity contribution in [1.82, 2.24) is 0 Å². The molecule has 0 saturated heterocycles. The van der Waals surface area contributed by atoms with E-state index < -0.39 is 0 Å². The van der Waals surface area contributed by atoms with Gasteiger partial charge in [-0.25, -0.2) is 0 Å². The lowest BCUT2D eigenvalue weighted by Crippen LogP contribution is -2.04. The minimum Gasteiger partial charge on any atom is -0.0801 e. The van der Waals surface area contributed by atoms with Gasteiger partial charge in [0, 0.05) is 0 Å². The summed E-state index contributed by atoms with van der Waals surface area (Å²) >= 11 is 0. The lowest BCUT2D eigenvalue weighted by molar-refractivity contribution is 1.18. The molecule has 0 fully saturated rings. The molecule has 0 unspecified atom stereocenters. The van der Waals surface area contributed by atoms with Crippen molar-refractivity contribution in [2.45, 2.75) is 40.5 Å². The van der Waals surface area contributed by atoms with Gasteiger partial charge in [0.2, 0.25) is 0 Å². The van der Waals surface area contributed by atoms with Crippen LogP contribution in [0.3, 0.4) is 0 Å². The van der Waals surface area contributed by atoms with Crippen LogP contribution in [0, 0.1) is 33.8 Å². The highest BCUT2D eigenvalue weighted by molar-refractivity contribution is 5.89. The molecule has 20 heavy (non-hydrogen) atoms. The van der Waals surface area contributed by atoms with E-state index in [1.165, 1.54) is 44.5 Å². The highest BCUT2D eigenvalue weighted by Crippen LogP contribution is 2.39. The van der Waals surface area contributed by atoms with Gasteiger partial charge in [0.15, 0.2) is 0 Å². The van der Waals surface area contributed by atoms with Gasteiger partial charge in [0.05, 0.1) is 0 Å². The topological polar surface area (TPSA) is 0 Å². The molecular weight excluding hydrogens is 240 g/mol. The van der Waals surface area contributed by atoms with Crippen LogP contribution in [0.15, 0.2) is 30.4 Å². The van der Waals surface area contributed by atoms with Crippen molar-refractivity contribution < 1.29 is 0 Å². The number of benzene rings is 1. The Morgan fingerprint density at radius 3 is 2.10 bits per heavy atom. The minimum absolute atomic E-state index is 0.942. The second kappa shape index (κ2) is 4.94. The van der Waals surface area contributed by atoms with E-state index in [1.807, 2.05) is 0 Å². The standard InChI is InChI=1S/C20H21/c1-13-14(2)16(4)20(18-11-7-8-12-18)19(15(13)3)17-9-5-6-10-17/h5-7,9,11H,8,10H2,1-4H3. The van der Waals surface area contributed by atoms with Crippen LogP contribution < -0.4 is 0 Å². The average molecular weight is 261 g/mol. The molecule has 1 radical (unpaired) electrons. The van der Waals surface area contributed by atoms with Crippen LogP contribution >= 0.6 is 0 Å². The molecule has 0 bridgehead atoms. The zero-order chi connectivity index (χ0) is 14.3. The molecule has 2 aliphatic carbocycles. The van der Waals surface area contributed by atoms with E-state index in [2.05, 4.69) is 64.2 Å². The molecule has 0 saturated carbocycles. The van der Waals surface area contributed by atoms with E-state index in [1.54, 1.807) is 0 Å². The van der Waals surface area contributed by atoms with Crippen molar-refractivity contribution in [3.63, 3.8) is 0 Å². The van der Waals surface area contributed by atoms with Crippen LogP contribution in [-0.4, -0.2) is 0 Å². The Balaban J connectivity index is 2.33. The maximum Gasteiger partial charge on any atom is -0.00709 e. The molecule has 0 aromatic heterocycles. The molecule has 1 aromatic rings. The van der Waals surface area contributed by atoms with Gasteiger partial charge in [-0.15, -0.1) is 0 Å². The molecule has 0 atom stereocenters. The monoisotopic (exact) mass is 261 g/mol. The average Bonchev–Trinajstić information content (AvgIpc) is 3.12. The lowest BCUT2D eigenvalue weighted by Gasteiger charge is -2.22. The lowest BCUT2D eigenvalue weighted by atomic mass is 9.82. The predicted octanol–water partition coefficient (Wildman–Crippen LogP) is 5.41. The van der Waals surface area contributed by atoms with Gasteiger partial charge in [0.25, 0.3) is 0 Å². The highest BCUT2D eigenvalue weighted by Gasteiger charge is 2.20. The maximum atomic E-state index is 3.51. The number of hydrogen-bond donors (Lipinski definition) is 0. The first-order valence-electron chi connectivity index (χ1n) is 7.35. The summed E-state index contributed by atoms with van der Waals surface area (Å²) in [5.74, 6) is 0. The zero-order valence-electron chi connectivity index (χ0n) is 12.8. The Labute approximate surface area is 122 Å². The third kappa shape index (κ3) is 1.91. The van der Waals surface area contributed by atoms with Crippen LogP contribution in [0.2, 0.25) is 0 Å². The first kappa shape index (κ1) is 13.2. The summed E-state index contributed by atoms with van der Waals surface area (Å²) in [5, 5.41) is 0. The molecular formula is C20H21. The van der Waals surface area contributed by atoms with Gasteiger partial charge in [0.1, 0.15) is 0 Å². The van der Waals surface area contributed by atoms with Crippen LogP contribution in [-0.2, 0) is 0 Å². The normalized spacial score (nSPS) is 16.8. The molecule has 101 valence electrons. The zero-order valence-corrected chi connectivity index (χ0v) is 12.8. The largest absolute Gasteiger partial charge is 0.0801 e. The van der Waals surface area contributed by atoms with E-state index in [0.29, 0.717) is 0 Å². The van der Waals surface area contributed by atoms with Crippen molar-refractivity contribution in [3.8, 4) is 0 Å². The number of hydrogen-bond acceptors (Lipinski definition) is 0. The molecule has 0 aliphatic heterocycles. The summed E-state index contributed by atoms with van der Waals surface area (Å²) in [7, 11) is 0. The second-order valence-corrected chi connectivity index (χ2v) is 5.77. The smallest absolute Gasteiger partial charge is 0.00709 e. The SMILES string of the molecule is Cc1c(C)c(C)c(C2=CC=CC2)c(C2=[C]CC=C2)c1C. The molecule has 0 heteroatoms. The van der Waals surface area contributed by atoms with Crippen molar-refractivity contribution in [2.24, 2.45) is 0 Å². The van der Waals surface area contributed by atoms with Gasteiger partial charge >= 0.3 is 0 Å². The molecule has 0 nitrogen and oxygen atoms in total. The van der Waals surface area contributed by atoms with E-state index in [4.69, 9.17) is 0 Å². The van der Waals surface area contributed by atoms with E-state index in [9.17, 15) is 0 Å². The van der Waals surface area contributed by atoms with E-state index in [-0.39, 0.29) is 0 Å². The number of allylic oxidation sites excluding steroid dienone is 8. The fourth-order valence-corrected chi connectivity index (χ4v) is 3.26. The summed E-state index contributed by atoms with van der Waals surface area (Å²) in [5.41, 5.74) is 11.2. The van der Waals surface area contributed by atoms with Gasteiger partial charge < -0.3 is 0 Å². The van der Waals surface area contributed by atoms with E-state index in [0.717, 1.165) is 12.8 Å². The Kier molecular flexibility index (Phi) is 3.25. The summed E-state index contributed by atoms with van der Waals surface area (Å²) in [6.07, 6.45) is 16.6. The van der Waals surface area contributed by atoms with Crippen molar-refractivity contribution in [2.75, 3.05) is 0 Å². The Morgan fingerprint density at radius 1 is 0.850 bits per heavy atom. The van der Waals surface area contributed by atoms with Crippen LogP contribution in [0.1, 0.15) is 46.2 Å². The van der Waals surface area contributed by atoms with Gasteiger partial charge in [-0.05, 0) is 91.1 Å². The predicted molar refractivity (Wildman–Crippen MR) is 87.5 cm³/mol. The Bertz CT molecular complexity index is 691. The first-order chi connectivity index (χ1) is 9.61. The maximum absolute atomic E-state index is 3.51. The molecule has 0 amide bonds. The van der Waals surface area contributed by atoms with Gasteiger partial charge in [-0.1, -0.05) is 30.4 Å². The molecule has 2 aliphatic rings. The summed E-state index contributed by atoms with van der Waals surface area (Å²) in [4.78, 5) is 0. The fraction of sp³-hybridized carbons (Fsp3) is 0.300. The van der Waals surface area contributed by atoms with Crippen LogP contribution in [0.25, 0.3) is 11.1 Å². The first-order valence-corrected chi connectivity index (χ1v) is 7.35. The summed E-state index contributed by atoms with van der Waals surface area (Å²) in [6, 6.07) is 0. The highest BCUT2D eigenvalue weighted by atomic mass is 14.2. The van der Waals surface area contributed by atoms with Crippen molar-refractivity contribution in [1.29, 1.82) is 0 Å². The Hall–Kier alpha value is -1.82. The Morgan fingerprint density at radius 2 is 1.55 bits per heavy atom. The van der Waals surface area contributed by atoms with Gasteiger partial charge in [-0.3, -0.25) is 0 Å². The van der Waals surface area contributed by atoms with Crippen LogP contribution in [0.5, 0.6) is 0 Å². The molecule has 0 N–H and O–H groups in total. The third-order valence-corrected chi connectivity index (χ3v) is 4.74. The fourth-order valence-electron chi connectivity index (χ4n) is 3.26. The quantitative estimate of drug-likeness (QED) is 0.667. The molecule has 3 rings (SSSR count). The molecule has 0 heterocycles. The van der Waals surface area contributed by atoms with Crippen molar-refractivity contribution in [3.05, 3.63) is 69.8 Å². The van der Waals surface area contributed by atoms with Crippen molar-refractivity contribution >= 4 is 11.1 Å². The minimum atomic E-state index is 0.942. The van der Waals surface area contributed by atoms with E-state index >= 15 is 0 Å². The summed E-state index contributed by atoms with van der Waals surface area (Å²) in [6.45, 7) is 9.01. The third-order valence-electron chi connectivity index (χ3n) is 4.74.